The van der Waals surface area contributed by atoms with Crippen LogP contribution in [0.15, 0.2) is 90.2 Å². The van der Waals surface area contributed by atoms with E-state index in [9.17, 15) is 12.8 Å². The average molecular weight is 489 g/mol. The van der Waals surface area contributed by atoms with Crippen LogP contribution in [0.2, 0.25) is 0 Å². The third-order valence-corrected chi connectivity index (χ3v) is 6.50. The van der Waals surface area contributed by atoms with Crippen molar-refractivity contribution in [1.82, 2.24) is 19.6 Å². The van der Waals surface area contributed by atoms with Crippen molar-refractivity contribution in [2.24, 2.45) is 5.14 Å². The van der Waals surface area contributed by atoms with Crippen molar-refractivity contribution in [2.75, 3.05) is 5.32 Å². The van der Waals surface area contributed by atoms with Crippen molar-refractivity contribution in [1.29, 1.82) is 0 Å². The van der Waals surface area contributed by atoms with Crippen LogP contribution in [0.5, 0.6) is 0 Å². The molecule has 5 rings (SSSR count). The van der Waals surface area contributed by atoms with Crippen LogP contribution in [0, 0.1) is 5.82 Å². The minimum atomic E-state index is -3.95. The quantitative estimate of drug-likeness (QED) is 0.366. The van der Waals surface area contributed by atoms with Gasteiger partial charge in [0.15, 0.2) is 11.6 Å². The normalized spacial score (nSPS) is 12.5. The number of rotatable bonds is 6. The number of anilines is 1. The second kappa shape index (κ2) is 8.90. The summed E-state index contributed by atoms with van der Waals surface area (Å²) in [5.41, 5.74) is 3.91. The fourth-order valence-electron chi connectivity index (χ4n) is 3.83. The van der Waals surface area contributed by atoms with Gasteiger partial charge in [0.05, 0.1) is 6.04 Å². The van der Waals surface area contributed by atoms with Crippen LogP contribution < -0.4 is 10.5 Å². The summed E-state index contributed by atoms with van der Waals surface area (Å²) < 4.78 is 38.8. The Morgan fingerprint density at radius 3 is 2.46 bits per heavy atom. The Labute approximate surface area is 201 Å². The summed E-state index contributed by atoms with van der Waals surface area (Å²) >= 11 is 0. The van der Waals surface area contributed by atoms with Gasteiger partial charge < -0.3 is 5.32 Å². The number of fused-ring (bicyclic) bond motifs is 1. The highest BCUT2D eigenvalue weighted by Gasteiger charge is 2.18. The van der Waals surface area contributed by atoms with Gasteiger partial charge in [-0.3, -0.25) is 4.98 Å². The summed E-state index contributed by atoms with van der Waals surface area (Å²) in [5, 5.41) is 13.3. The van der Waals surface area contributed by atoms with Gasteiger partial charge in [-0.25, -0.2) is 27.4 Å². The molecule has 8 nitrogen and oxygen atoms in total. The van der Waals surface area contributed by atoms with Crippen LogP contribution in [0.1, 0.15) is 18.5 Å². The summed E-state index contributed by atoms with van der Waals surface area (Å²) in [6.07, 6.45) is 4.47. The van der Waals surface area contributed by atoms with Gasteiger partial charge in [-0.2, -0.15) is 0 Å². The van der Waals surface area contributed by atoms with Crippen LogP contribution in [-0.2, 0) is 10.0 Å². The molecule has 0 aliphatic heterocycles. The van der Waals surface area contributed by atoms with Crippen molar-refractivity contribution >= 4 is 21.4 Å². The first kappa shape index (κ1) is 22.6. The first-order valence-corrected chi connectivity index (χ1v) is 12.3. The van der Waals surface area contributed by atoms with E-state index in [4.69, 9.17) is 10.1 Å². The van der Waals surface area contributed by atoms with E-state index in [-0.39, 0.29) is 22.6 Å². The Morgan fingerprint density at radius 1 is 1.00 bits per heavy atom. The molecular weight excluding hydrogens is 467 g/mol. The number of aromatic nitrogens is 4. The molecule has 3 aromatic heterocycles. The van der Waals surface area contributed by atoms with Crippen molar-refractivity contribution in [2.45, 2.75) is 17.9 Å². The number of benzene rings is 2. The Morgan fingerprint density at radius 2 is 1.74 bits per heavy atom. The highest BCUT2D eigenvalue weighted by molar-refractivity contribution is 7.89. The third kappa shape index (κ3) is 4.61. The predicted molar refractivity (Wildman–Crippen MR) is 131 cm³/mol. The summed E-state index contributed by atoms with van der Waals surface area (Å²) in [7, 11) is -3.95. The lowest BCUT2D eigenvalue weighted by molar-refractivity contribution is 0.597. The van der Waals surface area contributed by atoms with Crippen LogP contribution in [-0.4, -0.2) is 28.0 Å². The van der Waals surface area contributed by atoms with Gasteiger partial charge in [0, 0.05) is 29.7 Å². The molecule has 5 aromatic rings. The SMILES string of the molecule is CC(Nc1nc(-c2cncc(S(N)(=O)=O)c2)nn2ccc(-c3ccccc3)c12)c1ccc(F)cc1. The fraction of sp³-hybridized carbons (Fsp3) is 0.0800. The average Bonchev–Trinajstić information content (AvgIpc) is 3.29. The van der Waals surface area contributed by atoms with E-state index in [0.29, 0.717) is 11.4 Å². The Balaban J connectivity index is 1.67. The standard InChI is InChI=1S/C25H21FN6O2S/c1-16(17-7-9-20(26)10-8-17)29-25-23-22(18-5-3-2-4-6-18)11-12-32(23)31-24(30-25)19-13-21(15-28-14-19)35(27,33)34/h2-16H,1H3,(H2,27,33,34)(H,29,30,31). The first-order chi connectivity index (χ1) is 16.8. The molecule has 10 heteroatoms. The number of sulfonamides is 1. The zero-order chi connectivity index (χ0) is 24.6. The van der Waals surface area contributed by atoms with E-state index in [1.807, 2.05) is 49.5 Å². The topological polar surface area (TPSA) is 115 Å². The van der Waals surface area contributed by atoms with E-state index in [2.05, 4.69) is 15.4 Å². The molecule has 1 unspecified atom stereocenters. The van der Waals surface area contributed by atoms with Crippen molar-refractivity contribution < 1.29 is 12.8 Å². The van der Waals surface area contributed by atoms with E-state index in [1.54, 1.807) is 16.6 Å². The van der Waals surface area contributed by atoms with Crippen molar-refractivity contribution in [3.63, 3.8) is 0 Å². The molecule has 3 N–H and O–H groups in total. The molecule has 0 amide bonds. The molecule has 0 aliphatic carbocycles. The van der Waals surface area contributed by atoms with Gasteiger partial charge in [-0.15, -0.1) is 5.10 Å². The largest absolute Gasteiger partial charge is 0.362 e. The number of primary sulfonamides is 1. The number of nitrogens with zero attached hydrogens (tertiary/aromatic N) is 4. The monoisotopic (exact) mass is 488 g/mol. The minimum Gasteiger partial charge on any atom is -0.362 e. The zero-order valence-electron chi connectivity index (χ0n) is 18.6. The van der Waals surface area contributed by atoms with Gasteiger partial charge in [0.25, 0.3) is 0 Å². The van der Waals surface area contributed by atoms with E-state index in [1.165, 1.54) is 30.6 Å². The molecule has 0 spiro atoms. The summed E-state index contributed by atoms with van der Waals surface area (Å²) in [4.78, 5) is 8.61. The predicted octanol–water partition coefficient (Wildman–Crippen LogP) is 4.42. The van der Waals surface area contributed by atoms with Gasteiger partial charge in [0.2, 0.25) is 10.0 Å². The number of hydrogen-bond acceptors (Lipinski definition) is 6. The molecule has 0 bridgehead atoms. The molecule has 0 aliphatic rings. The van der Waals surface area contributed by atoms with Gasteiger partial charge in [-0.1, -0.05) is 42.5 Å². The second-order valence-electron chi connectivity index (χ2n) is 8.04. The maximum absolute atomic E-state index is 13.4. The number of nitrogens with two attached hydrogens (primary N) is 1. The third-order valence-electron chi connectivity index (χ3n) is 5.62. The molecule has 0 fully saturated rings. The highest BCUT2D eigenvalue weighted by Crippen LogP contribution is 2.33. The molecule has 3 heterocycles. The molecule has 2 aromatic carbocycles. The second-order valence-corrected chi connectivity index (χ2v) is 9.61. The molecule has 35 heavy (non-hydrogen) atoms. The number of pyridine rings is 1. The smallest absolute Gasteiger partial charge is 0.239 e. The maximum atomic E-state index is 13.4. The van der Waals surface area contributed by atoms with E-state index < -0.39 is 10.0 Å². The van der Waals surface area contributed by atoms with Crippen molar-refractivity contribution in [3.05, 3.63) is 96.7 Å². The summed E-state index contributed by atoms with van der Waals surface area (Å²) in [6, 6.07) is 19.2. The van der Waals surface area contributed by atoms with Crippen LogP contribution in [0.4, 0.5) is 10.2 Å². The van der Waals surface area contributed by atoms with Crippen LogP contribution in [0.25, 0.3) is 28.0 Å². The molecule has 0 radical (unpaired) electrons. The Kier molecular flexibility index (Phi) is 5.75. The van der Waals surface area contributed by atoms with Crippen molar-refractivity contribution in [3.8, 4) is 22.5 Å². The highest BCUT2D eigenvalue weighted by atomic mass is 32.2. The van der Waals surface area contributed by atoms with Crippen LogP contribution >= 0.6 is 0 Å². The fourth-order valence-corrected chi connectivity index (χ4v) is 4.33. The number of nitrogens with one attached hydrogen (secondary N) is 1. The van der Waals surface area contributed by atoms with Gasteiger partial charge in [0.1, 0.15) is 16.2 Å². The van der Waals surface area contributed by atoms with E-state index >= 15 is 0 Å². The number of halogens is 1. The molecular formula is C25H21FN6O2S. The summed E-state index contributed by atoms with van der Waals surface area (Å²) in [5.74, 6) is 0.476. The minimum absolute atomic E-state index is 0.134. The molecule has 0 saturated heterocycles. The van der Waals surface area contributed by atoms with E-state index in [0.717, 1.165) is 22.2 Å². The number of hydrogen-bond donors (Lipinski definition) is 2. The molecule has 0 saturated carbocycles. The van der Waals surface area contributed by atoms with Gasteiger partial charge >= 0.3 is 0 Å². The lowest BCUT2D eigenvalue weighted by atomic mass is 10.1. The Bertz CT molecular complexity index is 1620. The van der Waals surface area contributed by atoms with Gasteiger partial charge in [-0.05, 0) is 42.3 Å². The van der Waals surface area contributed by atoms with Crippen LogP contribution in [0.3, 0.4) is 0 Å². The molecule has 176 valence electrons. The lowest BCUT2D eigenvalue weighted by Gasteiger charge is -2.17. The maximum Gasteiger partial charge on any atom is 0.239 e. The summed E-state index contributed by atoms with van der Waals surface area (Å²) in [6.45, 7) is 1.94. The zero-order valence-corrected chi connectivity index (χ0v) is 19.4. The Hall–Kier alpha value is -4.15. The lowest BCUT2D eigenvalue weighted by Crippen LogP contribution is -2.13. The molecule has 1 atom stereocenters. The first-order valence-electron chi connectivity index (χ1n) is 10.7.